The maximum atomic E-state index is 15.3. The minimum atomic E-state index is -1.23. The number of carbonyl (C=O) groups is 2. The minimum Gasteiger partial charge on any atom is -0.493 e. The second-order valence-electron chi connectivity index (χ2n) is 12.6. The summed E-state index contributed by atoms with van der Waals surface area (Å²) in [5.74, 6) is -3.33. The fraction of sp³-hybridized carbons (Fsp3) is 0.324. The molecule has 0 aliphatic carbocycles. The number of carbonyl (C=O) groups excluding carboxylic acids is 1. The van der Waals surface area contributed by atoms with Gasteiger partial charge < -0.3 is 19.3 Å². The summed E-state index contributed by atoms with van der Waals surface area (Å²) in [5.41, 5.74) is 1.38. The average molecular weight is 744 g/mol. The van der Waals surface area contributed by atoms with E-state index in [9.17, 15) is 24.3 Å². The fourth-order valence-corrected chi connectivity index (χ4v) is 7.58. The van der Waals surface area contributed by atoms with Crippen molar-refractivity contribution in [1.82, 2.24) is 4.90 Å². The van der Waals surface area contributed by atoms with Crippen molar-refractivity contribution in [2.75, 3.05) is 38.8 Å². The molecule has 3 aromatic carbocycles. The molecule has 2 N–H and O–H groups in total. The van der Waals surface area contributed by atoms with Gasteiger partial charge in [-0.2, -0.15) is 0 Å². The van der Waals surface area contributed by atoms with E-state index in [0.29, 0.717) is 40.3 Å². The molecule has 7 rings (SSSR count). The molecule has 3 aliphatic heterocycles. The number of methoxy groups -OCH3 is 2. The molecule has 0 spiro atoms. The number of hydrogen-bond acceptors (Lipinski definition) is 7. The van der Waals surface area contributed by atoms with Crippen molar-refractivity contribution in [2.45, 2.75) is 37.8 Å². The molecule has 1 aromatic heterocycles. The highest BCUT2D eigenvalue weighted by Crippen LogP contribution is 2.40. The highest BCUT2D eigenvalue weighted by Gasteiger charge is 2.38. The third kappa shape index (κ3) is 7.68. The van der Waals surface area contributed by atoms with Crippen LogP contribution in [0.5, 0.6) is 11.5 Å². The van der Waals surface area contributed by atoms with E-state index < -0.39 is 35.7 Å². The molecule has 3 fully saturated rings. The largest absolute Gasteiger partial charge is 0.493 e. The van der Waals surface area contributed by atoms with Gasteiger partial charge in [-0.1, -0.05) is 47.5 Å². The van der Waals surface area contributed by atoms with Crippen molar-refractivity contribution in [1.29, 1.82) is 0 Å². The van der Waals surface area contributed by atoms with Crippen LogP contribution >= 0.6 is 23.2 Å². The molecule has 0 saturated carbocycles. The number of carboxylic acids is 1. The molecule has 3 saturated heterocycles. The SMILES string of the molecule is COc1ccc([C@H](Cc2c(Cl)c[n+](O)cc2Cl)c2cc(CN(C(=O)O[C@H]3CN4CCC3CC4)c3cccc(F)c3F)ccc2C(=O)O)cc1OC. The van der Waals surface area contributed by atoms with Gasteiger partial charge in [-0.15, -0.1) is 0 Å². The Balaban J connectivity index is 1.44. The number of amides is 1. The van der Waals surface area contributed by atoms with Crippen LogP contribution in [0.2, 0.25) is 10.0 Å². The van der Waals surface area contributed by atoms with Crippen molar-refractivity contribution < 1.29 is 47.6 Å². The number of aromatic carboxylic acids is 1. The van der Waals surface area contributed by atoms with Crippen molar-refractivity contribution in [2.24, 2.45) is 5.92 Å². The van der Waals surface area contributed by atoms with Crippen LogP contribution < -0.4 is 19.1 Å². The molecule has 4 heterocycles. The minimum absolute atomic E-state index is 0.0581. The van der Waals surface area contributed by atoms with Gasteiger partial charge in [-0.25, -0.2) is 18.4 Å². The standard InChI is InChI=1S/C37H35Cl2F2N3O7/c1-49-32-9-7-23(15-33(32)50-2)25(16-27-28(38)18-43(48)19-29(27)39)26-14-21(6-8-24(26)36(45)46)17-44(31-5-3-4-30(40)35(31)41)37(47)51-34-20-42-12-10-22(34)11-13-42/h3-9,14-15,18-19,22,25,34H,10-13,16-17,20H2,1-2H3,(H-,45,46,48)/p+1/t25-,34-/m0/s1. The molecule has 14 heteroatoms. The lowest BCUT2D eigenvalue weighted by molar-refractivity contribution is -0.904. The number of rotatable bonds is 11. The number of piperidine rings is 3. The summed E-state index contributed by atoms with van der Waals surface area (Å²) in [6.45, 7) is 2.12. The zero-order chi connectivity index (χ0) is 36.4. The second-order valence-corrected chi connectivity index (χ2v) is 13.4. The Labute approximate surface area is 303 Å². The van der Waals surface area contributed by atoms with Crippen LogP contribution in [0.4, 0.5) is 19.3 Å². The lowest BCUT2D eigenvalue weighted by Crippen LogP contribution is -2.53. The molecular formula is C37H36Cl2F2N3O7+. The third-order valence-corrected chi connectivity index (χ3v) is 10.3. The molecular weight excluding hydrogens is 707 g/mol. The number of nitrogens with zero attached hydrogens (tertiary/aromatic N) is 3. The molecule has 2 bridgehead atoms. The first kappa shape index (κ1) is 36.2. The van der Waals surface area contributed by atoms with Gasteiger partial charge in [0.1, 0.15) is 16.1 Å². The van der Waals surface area contributed by atoms with Crippen LogP contribution in [-0.2, 0) is 17.7 Å². The first-order valence-corrected chi connectivity index (χ1v) is 17.0. The molecule has 2 atom stereocenters. The first-order chi connectivity index (χ1) is 24.5. The maximum Gasteiger partial charge on any atom is 0.415 e. The lowest BCUT2D eigenvalue weighted by Gasteiger charge is -2.44. The normalized spacial score (nSPS) is 18.6. The molecule has 51 heavy (non-hydrogen) atoms. The van der Waals surface area contributed by atoms with Gasteiger partial charge in [0.25, 0.3) is 0 Å². The van der Waals surface area contributed by atoms with Crippen molar-refractivity contribution in [3.8, 4) is 11.5 Å². The van der Waals surface area contributed by atoms with E-state index in [1.54, 1.807) is 24.3 Å². The number of aromatic nitrogens is 1. The van der Waals surface area contributed by atoms with E-state index in [1.165, 1.54) is 50.9 Å². The fourth-order valence-electron chi connectivity index (χ4n) is 6.98. The van der Waals surface area contributed by atoms with E-state index in [0.717, 1.165) is 41.6 Å². The van der Waals surface area contributed by atoms with Crippen LogP contribution in [0.25, 0.3) is 0 Å². The Morgan fingerprint density at radius 1 is 1.00 bits per heavy atom. The molecule has 4 aromatic rings. The summed E-state index contributed by atoms with van der Waals surface area (Å²) in [5, 5.41) is 20.6. The second kappa shape index (κ2) is 15.3. The van der Waals surface area contributed by atoms with Crippen molar-refractivity contribution in [3.63, 3.8) is 0 Å². The Hall–Kier alpha value is -4.65. The van der Waals surface area contributed by atoms with E-state index >= 15 is 4.39 Å². The maximum absolute atomic E-state index is 15.3. The van der Waals surface area contributed by atoms with E-state index in [2.05, 4.69) is 4.90 Å². The quantitative estimate of drug-likeness (QED) is 0.123. The molecule has 268 valence electrons. The Morgan fingerprint density at radius 3 is 2.33 bits per heavy atom. The Kier molecular flexibility index (Phi) is 10.8. The summed E-state index contributed by atoms with van der Waals surface area (Å²) in [6.07, 6.45) is 3.08. The topological polar surface area (TPSA) is 113 Å². The number of benzene rings is 3. The highest BCUT2D eigenvalue weighted by atomic mass is 35.5. The van der Waals surface area contributed by atoms with Crippen LogP contribution in [0, 0.1) is 17.6 Å². The number of carboxylic acid groups (broad SMARTS) is 1. The van der Waals surface area contributed by atoms with Gasteiger partial charge >= 0.3 is 12.1 Å². The zero-order valence-corrected chi connectivity index (χ0v) is 29.3. The zero-order valence-electron chi connectivity index (χ0n) is 27.8. The molecule has 3 aliphatic rings. The average Bonchev–Trinajstić information content (AvgIpc) is 3.11. The summed E-state index contributed by atoms with van der Waals surface area (Å²) in [6, 6.07) is 13.2. The summed E-state index contributed by atoms with van der Waals surface area (Å²) >= 11 is 13.1. The number of fused-ring (bicyclic) bond motifs is 3. The molecule has 1 amide bonds. The molecule has 0 unspecified atom stereocenters. The van der Waals surface area contributed by atoms with E-state index in [1.807, 2.05) is 0 Å². The van der Waals surface area contributed by atoms with Crippen LogP contribution in [0.15, 0.2) is 67.0 Å². The van der Waals surface area contributed by atoms with Crippen LogP contribution in [0.1, 0.15) is 51.4 Å². The Morgan fingerprint density at radius 2 is 1.71 bits per heavy atom. The monoisotopic (exact) mass is 742 g/mol. The predicted molar refractivity (Wildman–Crippen MR) is 184 cm³/mol. The van der Waals surface area contributed by atoms with Gasteiger partial charge in [-0.05, 0) is 85.3 Å². The van der Waals surface area contributed by atoms with Gasteiger partial charge in [-0.3, -0.25) is 15.0 Å². The number of halogens is 4. The number of ether oxygens (including phenoxy) is 3. The number of pyridine rings is 1. The molecule has 10 nitrogen and oxygen atoms in total. The lowest BCUT2D eigenvalue weighted by atomic mass is 9.82. The summed E-state index contributed by atoms with van der Waals surface area (Å²) < 4.78 is 47.6. The van der Waals surface area contributed by atoms with Crippen LogP contribution in [0.3, 0.4) is 0 Å². The number of hydrogen-bond donors (Lipinski definition) is 2. The summed E-state index contributed by atoms with van der Waals surface area (Å²) in [4.78, 5) is 29.8. The number of anilines is 1. The Bertz CT molecular complexity index is 1930. The van der Waals surface area contributed by atoms with Gasteiger partial charge in [0, 0.05) is 22.8 Å². The van der Waals surface area contributed by atoms with E-state index in [4.69, 9.17) is 37.4 Å². The van der Waals surface area contributed by atoms with Crippen LogP contribution in [-0.4, -0.2) is 67.2 Å². The van der Waals surface area contributed by atoms with Gasteiger partial charge in [0.05, 0.1) is 32.0 Å². The van der Waals surface area contributed by atoms with Crippen molar-refractivity contribution in [3.05, 3.63) is 116 Å². The predicted octanol–water partition coefficient (Wildman–Crippen LogP) is 7.12. The van der Waals surface area contributed by atoms with Crippen molar-refractivity contribution >= 4 is 41.0 Å². The van der Waals surface area contributed by atoms with Gasteiger partial charge in [0.2, 0.25) is 12.4 Å². The highest BCUT2D eigenvalue weighted by molar-refractivity contribution is 6.35. The van der Waals surface area contributed by atoms with E-state index in [-0.39, 0.29) is 40.2 Å². The smallest absolute Gasteiger partial charge is 0.415 e. The summed E-state index contributed by atoms with van der Waals surface area (Å²) in [7, 11) is 2.96. The van der Waals surface area contributed by atoms with Gasteiger partial charge in [0.15, 0.2) is 23.1 Å². The first-order valence-electron chi connectivity index (χ1n) is 16.3. The third-order valence-electron chi connectivity index (χ3n) is 9.64. The molecule has 0 radical (unpaired) electrons.